The maximum Gasteiger partial charge on any atom is 0.257 e. The van der Waals surface area contributed by atoms with Gasteiger partial charge in [-0.15, -0.1) is 11.3 Å². The van der Waals surface area contributed by atoms with Crippen molar-refractivity contribution in [1.29, 1.82) is 0 Å². The highest BCUT2D eigenvalue weighted by Crippen LogP contribution is 2.25. The van der Waals surface area contributed by atoms with Crippen LogP contribution in [0.1, 0.15) is 27.2 Å². The summed E-state index contributed by atoms with van der Waals surface area (Å²) in [5.74, 6) is 0.650. The first-order chi connectivity index (χ1) is 9.02. The molecule has 1 amide bonds. The lowest BCUT2D eigenvalue weighted by Crippen LogP contribution is -2.14. The van der Waals surface area contributed by atoms with Crippen LogP contribution in [0.2, 0.25) is 0 Å². The van der Waals surface area contributed by atoms with Crippen LogP contribution in [-0.2, 0) is 0 Å². The summed E-state index contributed by atoms with van der Waals surface area (Å²) in [6.45, 7) is 5.76. The zero-order valence-corrected chi connectivity index (χ0v) is 12.2. The molecule has 0 aliphatic rings. The van der Waals surface area contributed by atoms with E-state index >= 15 is 0 Å². The first kappa shape index (κ1) is 13.5. The third-order valence-electron chi connectivity index (χ3n) is 3.04. The number of rotatable bonds is 3. The smallest absolute Gasteiger partial charge is 0.257 e. The molecule has 0 unspecified atom stereocenters. The van der Waals surface area contributed by atoms with Crippen molar-refractivity contribution in [2.45, 2.75) is 20.8 Å². The number of nitrogens with zero attached hydrogens (tertiary/aromatic N) is 1. The molecule has 0 aliphatic heterocycles. The SMILES string of the molecule is COc1ccc(C(=O)Nc2nc(C)cs2)c(C)c1C. The Balaban J connectivity index is 2.27. The number of aryl methyl sites for hydroxylation is 1. The Labute approximate surface area is 116 Å². The van der Waals surface area contributed by atoms with Gasteiger partial charge in [0.05, 0.1) is 12.8 Å². The van der Waals surface area contributed by atoms with Crippen LogP contribution in [0.3, 0.4) is 0 Å². The average molecular weight is 276 g/mol. The lowest BCUT2D eigenvalue weighted by Gasteiger charge is -2.11. The maximum atomic E-state index is 12.2. The fraction of sp³-hybridized carbons (Fsp3) is 0.286. The predicted octanol–water partition coefficient (Wildman–Crippen LogP) is 3.33. The molecule has 0 bridgehead atoms. The van der Waals surface area contributed by atoms with Gasteiger partial charge in [-0.25, -0.2) is 4.98 Å². The number of carbonyl (C=O) groups is 1. The van der Waals surface area contributed by atoms with Crippen molar-refractivity contribution in [3.63, 3.8) is 0 Å². The van der Waals surface area contributed by atoms with E-state index in [-0.39, 0.29) is 5.91 Å². The van der Waals surface area contributed by atoms with Crippen LogP contribution in [0.4, 0.5) is 5.13 Å². The van der Waals surface area contributed by atoms with Crippen LogP contribution >= 0.6 is 11.3 Å². The number of aromatic nitrogens is 1. The first-order valence-corrected chi connectivity index (χ1v) is 6.78. The quantitative estimate of drug-likeness (QED) is 0.935. The second-order valence-corrected chi connectivity index (χ2v) is 5.17. The number of methoxy groups -OCH3 is 1. The van der Waals surface area contributed by atoms with Gasteiger partial charge in [-0.1, -0.05) is 0 Å². The summed E-state index contributed by atoms with van der Waals surface area (Å²) in [5.41, 5.74) is 3.45. The zero-order valence-electron chi connectivity index (χ0n) is 11.4. The number of hydrogen-bond donors (Lipinski definition) is 1. The van der Waals surface area contributed by atoms with Gasteiger partial charge >= 0.3 is 0 Å². The number of benzene rings is 1. The largest absolute Gasteiger partial charge is 0.496 e. The molecular formula is C14H16N2O2S. The zero-order chi connectivity index (χ0) is 14.0. The lowest BCUT2D eigenvalue weighted by molar-refractivity contribution is 0.102. The van der Waals surface area contributed by atoms with Gasteiger partial charge in [-0.3, -0.25) is 10.1 Å². The highest BCUT2D eigenvalue weighted by molar-refractivity contribution is 7.13. The average Bonchev–Trinajstić information content (AvgIpc) is 2.78. The van der Waals surface area contributed by atoms with Crippen molar-refractivity contribution in [3.05, 3.63) is 39.9 Å². The van der Waals surface area contributed by atoms with E-state index in [1.807, 2.05) is 32.2 Å². The second-order valence-electron chi connectivity index (χ2n) is 4.31. The number of hydrogen-bond acceptors (Lipinski definition) is 4. The highest BCUT2D eigenvalue weighted by Gasteiger charge is 2.14. The number of amides is 1. The van der Waals surface area contributed by atoms with Gasteiger partial charge in [-0.2, -0.15) is 0 Å². The molecule has 4 nitrogen and oxygen atoms in total. The topological polar surface area (TPSA) is 51.2 Å². The van der Waals surface area contributed by atoms with Crippen LogP contribution < -0.4 is 10.1 Å². The molecule has 2 rings (SSSR count). The van der Waals surface area contributed by atoms with Crippen molar-refractivity contribution in [2.75, 3.05) is 12.4 Å². The number of carbonyl (C=O) groups excluding carboxylic acids is 1. The molecule has 0 saturated heterocycles. The minimum atomic E-state index is -0.141. The molecule has 100 valence electrons. The van der Waals surface area contributed by atoms with Gasteiger partial charge in [0.15, 0.2) is 5.13 Å². The fourth-order valence-corrected chi connectivity index (χ4v) is 2.52. The first-order valence-electron chi connectivity index (χ1n) is 5.90. The molecule has 1 aromatic carbocycles. The molecule has 5 heteroatoms. The number of anilines is 1. The van der Waals surface area contributed by atoms with Crippen LogP contribution in [0.15, 0.2) is 17.5 Å². The van der Waals surface area contributed by atoms with Crippen molar-refractivity contribution >= 4 is 22.4 Å². The van der Waals surface area contributed by atoms with E-state index in [0.29, 0.717) is 10.7 Å². The molecule has 0 atom stereocenters. The maximum absolute atomic E-state index is 12.2. The summed E-state index contributed by atoms with van der Waals surface area (Å²) < 4.78 is 5.24. The van der Waals surface area contributed by atoms with Crippen molar-refractivity contribution in [3.8, 4) is 5.75 Å². The van der Waals surface area contributed by atoms with Crippen molar-refractivity contribution < 1.29 is 9.53 Å². The minimum Gasteiger partial charge on any atom is -0.496 e. The Kier molecular flexibility index (Phi) is 3.85. The Bertz CT molecular complexity index is 620. The summed E-state index contributed by atoms with van der Waals surface area (Å²) in [7, 11) is 1.62. The van der Waals surface area contributed by atoms with Crippen LogP contribution in [0, 0.1) is 20.8 Å². The van der Waals surface area contributed by atoms with Gasteiger partial charge in [0.1, 0.15) is 5.75 Å². The van der Waals surface area contributed by atoms with Gasteiger partial charge in [0, 0.05) is 10.9 Å². The minimum absolute atomic E-state index is 0.141. The third-order valence-corrected chi connectivity index (χ3v) is 3.92. The summed E-state index contributed by atoms with van der Waals surface area (Å²) in [5, 5.41) is 5.34. The van der Waals surface area contributed by atoms with Crippen LogP contribution in [-0.4, -0.2) is 18.0 Å². The van der Waals surface area contributed by atoms with Gasteiger partial charge < -0.3 is 4.74 Å². The molecule has 0 fully saturated rings. The normalized spacial score (nSPS) is 10.3. The van der Waals surface area contributed by atoms with Crippen molar-refractivity contribution in [1.82, 2.24) is 4.98 Å². The van der Waals surface area contributed by atoms with Crippen LogP contribution in [0.25, 0.3) is 0 Å². The molecule has 0 saturated carbocycles. The molecule has 1 heterocycles. The van der Waals surface area contributed by atoms with Crippen LogP contribution in [0.5, 0.6) is 5.75 Å². The third kappa shape index (κ3) is 2.76. The van der Waals surface area contributed by atoms with E-state index in [1.165, 1.54) is 11.3 Å². The van der Waals surface area contributed by atoms with E-state index in [4.69, 9.17) is 4.74 Å². The molecular weight excluding hydrogens is 260 g/mol. The van der Waals surface area contributed by atoms with E-state index < -0.39 is 0 Å². The molecule has 0 radical (unpaired) electrons. The summed E-state index contributed by atoms with van der Waals surface area (Å²) >= 11 is 1.42. The van der Waals surface area contributed by atoms with E-state index in [0.717, 1.165) is 22.6 Å². The molecule has 0 spiro atoms. The predicted molar refractivity (Wildman–Crippen MR) is 77.3 cm³/mol. The number of thiazole rings is 1. The molecule has 0 aliphatic carbocycles. The van der Waals surface area contributed by atoms with Gasteiger partial charge in [0.25, 0.3) is 5.91 Å². The van der Waals surface area contributed by atoms with E-state index in [9.17, 15) is 4.79 Å². The van der Waals surface area contributed by atoms with Gasteiger partial charge in [0.2, 0.25) is 0 Å². The summed E-state index contributed by atoms with van der Waals surface area (Å²) in [4.78, 5) is 16.4. The van der Waals surface area contributed by atoms with Crippen molar-refractivity contribution in [2.24, 2.45) is 0 Å². The number of ether oxygens (including phenoxy) is 1. The lowest BCUT2D eigenvalue weighted by atomic mass is 10.0. The Morgan fingerprint density at radius 3 is 2.58 bits per heavy atom. The summed E-state index contributed by atoms with van der Waals surface area (Å²) in [6, 6.07) is 3.58. The number of nitrogens with one attached hydrogen (secondary N) is 1. The Morgan fingerprint density at radius 2 is 2.00 bits per heavy atom. The fourth-order valence-electron chi connectivity index (χ4n) is 1.84. The molecule has 2 aromatic rings. The van der Waals surface area contributed by atoms with E-state index in [1.54, 1.807) is 13.2 Å². The molecule has 19 heavy (non-hydrogen) atoms. The molecule has 1 N–H and O–H groups in total. The molecule has 1 aromatic heterocycles. The Hall–Kier alpha value is -1.88. The summed E-state index contributed by atoms with van der Waals surface area (Å²) in [6.07, 6.45) is 0. The standard InChI is InChI=1S/C14H16N2O2S/c1-8-7-19-14(15-8)16-13(17)11-5-6-12(18-4)10(3)9(11)2/h5-7H,1-4H3,(H,15,16,17). The highest BCUT2D eigenvalue weighted by atomic mass is 32.1. The van der Waals surface area contributed by atoms with Gasteiger partial charge in [-0.05, 0) is 44.0 Å². The Morgan fingerprint density at radius 1 is 1.26 bits per heavy atom. The van der Waals surface area contributed by atoms with E-state index in [2.05, 4.69) is 10.3 Å². The second kappa shape index (κ2) is 5.40. The monoisotopic (exact) mass is 276 g/mol.